The van der Waals surface area contributed by atoms with E-state index in [9.17, 15) is 0 Å². The molecule has 0 saturated heterocycles. The van der Waals surface area contributed by atoms with Crippen molar-refractivity contribution in [3.8, 4) is 44.5 Å². The van der Waals surface area contributed by atoms with Crippen molar-refractivity contribution in [1.82, 2.24) is 0 Å². The molecule has 0 radical (unpaired) electrons. The van der Waals surface area contributed by atoms with E-state index >= 15 is 0 Å². The van der Waals surface area contributed by atoms with Crippen LogP contribution in [0.4, 0.5) is 17.1 Å². The molecule has 0 amide bonds. The number of anilines is 3. The molecule has 0 unspecified atom stereocenters. The summed E-state index contributed by atoms with van der Waals surface area (Å²) in [6.45, 7) is 4.68. The van der Waals surface area contributed by atoms with E-state index in [0.717, 1.165) is 33.6 Å². The second-order valence-corrected chi connectivity index (χ2v) is 14.6. The Hall–Kier alpha value is -6.64. The molecule has 0 N–H and O–H groups in total. The molecule has 0 spiro atoms. The van der Waals surface area contributed by atoms with Gasteiger partial charge in [0.15, 0.2) is 0 Å². The third kappa shape index (κ3) is 5.18. The lowest BCUT2D eigenvalue weighted by Crippen LogP contribution is -2.16. The Labute approximate surface area is 310 Å². The smallest absolute Gasteiger partial charge is 0.143 e. The molecular formula is C51H37NO. The summed E-state index contributed by atoms with van der Waals surface area (Å²) in [5, 5.41) is 2.33. The summed E-state index contributed by atoms with van der Waals surface area (Å²) in [7, 11) is 0. The summed E-state index contributed by atoms with van der Waals surface area (Å²) in [5.41, 5.74) is 17.3. The molecule has 1 aromatic heterocycles. The van der Waals surface area contributed by atoms with Gasteiger partial charge < -0.3 is 9.32 Å². The van der Waals surface area contributed by atoms with Gasteiger partial charge >= 0.3 is 0 Å². The first-order valence-electron chi connectivity index (χ1n) is 18.3. The Kier molecular flexibility index (Phi) is 7.19. The third-order valence-electron chi connectivity index (χ3n) is 11.1. The average Bonchev–Trinajstić information content (AvgIpc) is 3.71. The molecule has 0 aliphatic heterocycles. The molecule has 1 aliphatic rings. The lowest BCUT2D eigenvalue weighted by Gasteiger charge is -2.28. The van der Waals surface area contributed by atoms with Crippen molar-refractivity contribution in [3.05, 3.63) is 199 Å². The van der Waals surface area contributed by atoms with Crippen LogP contribution in [0.5, 0.6) is 0 Å². The fourth-order valence-corrected chi connectivity index (χ4v) is 8.32. The number of para-hydroxylation sites is 1. The molecule has 0 bridgehead atoms. The Morgan fingerprint density at radius 1 is 0.396 bits per heavy atom. The van der Waals surface area contributed by atoms with E-state index in [1.165, 1.54) is 61.0 Å². The normalized spacial score (nSPS) is 12.9. The van der Waals surface area contributed by atoms with Crippen LogP contribution >= 0.6 is 0 Å². The fourth-order valence-electron chi connectivity index (χ4n) is 8.32. The summed E-state index contributed by atoms with van der Waals surface area (Å²) in [5.74, 6) is 0. The maximum Gasteiger partial charge on any atom is 0.143 e. The highest BCUT2D eigenvalue weighted by Gasteiger charge is 2.38. The molecule has 10 rings (SSSR count). The number of fused-ring (bicyclic) bond motifs is 7. The number of rotatable bonds is 6. The van der Waals surface area contributed by atoms with Crippen molar-refractivity contribution in [2.75, 3.05) is 4.90 Å². The first-order chi connectivity index (χ1) is 26.0. The van der Waals surface area contributed by atoms with Crippen LogP contribution in [-0.2, 0) is 5.41 Å². The molecule has 0 saturated carbocycles. The maximum atomic E-state index is 6.58. The summed E-state index contributed by atoms with van der Waals surface area (Å²) >= 11 is 0. The predicted molar refractivity (Wildman–Crippen MR) is 222 cm³/mol. The van der Waals surface area contributed by atoms with Gasteiger partial charge in [-0.15, -0.1) is 0 Å². The summed E-state index contributed by atoms with van der Waals surface area (Å²) < 4.78 is 6.58. The first-order valence-corrected chi connectivity index (χ1v) is 18.3. The monoisotopic (exact) mass is 679 g/mol. The van der Waals surface area contributed by atoms with Crippen LogP contribution in [0.15, 0.2) is 192 Å². The molecule has 53 heavy (non-hydrogen) atoms. The zero-order valence-electron chi connectivity index (χ0n) is 29.8. The molecule has 1 heterocycles. The standard InChI is InChI=1S/C51H37NO/c1-51(2)46-31-30-44-43-18-9-10-19-48(43)53-50(44)49(46)45-29-28-42(33-47(45)51)52(40-24-20-36(21-25-40)34-12-5-3-6-13-34)41-26-22-37(23-27-41)39-17-11-16-38(32-39)35-14-7-4-8-15-35/h3-33H,1-2H3. The quantitative estimate of drug-likeness (QED) is 0.174. The third-order valence-corrected chi connectivity index (χ3v) is 11.1. The van der Waals surface area contributed by atoms with Crippen molar-refractivity contribution in [1.29, 1.82) is 0 Å². The van der Waals surface area contributed by atoms with E-state index in [1.807, 2.05) is 6.07 Å². The molecule has 8 aromatic carbocycles. The molecule has 0 atom stereocenters. The Morgan fingerprint density at radius 2 is 0.925 bits per heavy atom. The molecule has 1 aliphatic carbocycles. The highest BCUT2D eigenvalue weighted by molar-refractivity contribution is 6.12. The number of furan rings is 1. The summed E-state index contributed by atoms with van der Waals surface area (Å²) in [4.78, 5) is 2.38. The van der Waals surface area contributed by atoms with E-state index in [0.29, 0.717) is 0 Å². The molecule has 252 valence electrons. The Bertz CT molecular complexity index is 2780. The van der Waals surface area contributed by atoms with E-state index < -0.39 is 0 Å². The maximum absolute atomic E-state index is 6.58. The Morgan fingerprint density at radius 3 is 1.58 bits per heavy atom. The van der Waals surface area contributed by atoms with Gasteiger partial charge in [-0.3, -0.25) is 0 Å². The molecule has 0 fully saturated rings. The van der Waals surface area contributed by atoms with Crippen molar-refractivity contribution in [2.45, 2.75) is 19.3 Å². The van der Waals surface area contributed by atoms with Gasteiger partial charge in [-0.2, -0.15) is 0 Å². The van der Waals surface area contributed by atoms with Crippen LogP contribution in [0.3, 0.4) is 0 Å². The molecular weight excluding hydrogens is 643 g/mol. The molecule has 2 nitrogen and oxygen atoms in total. The number of hydrogen-bond donors (Lipinski definition) is 0. The van der Waals surface area contributed by atoms with Crippen LogP contribution in [0.1, 0.15) is 25.0 Å². The van der Waals surface area contributed by atoms with Gasteiger partial charge in [0.2, 0.25) is 0 Å². The van der Waals surface area contributed by atoms with Crippen molar-refractivity contribution in [2.24, 2.45) is 0 Å². The average molecular weight is 680 g/mol. The van der Waals surface area contributed by atoms with E-state index in [-0.39, 0.29) is 5.41 Å². The van der Waals surface area contributed by atoms with Crippen LogP contribution < -0.4 is 4.90 Å². The lowest BCUT2D eigenvalue weighted by atomic mass is 9.82. The van der Waals surface area contributed by atoms with Crippen LogP contribution in [0.25, 0.3) is 66.4 Å². The second-order valence-electron chi connectivity index (χ2n) is 14.6. The number of nitrogens with zero attached hydrogens (tertiary/aromatic N) is 1. The van der Waals surface area contributed by atoms with Gasteiger partial charge in [-0.1, -0.05) is 153 Å². The van der Waals surface area contributed by atoms with Crippen LogP contribution in [0.2, 0.25) is 0 Å². The fraction of sp³-hybridized carbons (Fsp3) is 0.0588. The van der Waals surface area contributed by atoms with Crippen molar-refractivity contribution in [3.63, 3.8) is 0 Å². The van der Waals surface area contributed by atoms with Gasteiger partial charge in [0.25, 0.3) is 0 Å². The van der Waals surface area contributed by atoms with Gasteiger partial charge in [-0.25, -0.2) is 0 Å². The predicted octanol–water partition coefficient (Wildman–Crippen LogP) is 14.4. The number of benzene rings is 8. The lowest BCUT2D eigenvalue weighted by molar-refractivity contribution is 0.653. The molecule has 9 aromatic rings. The van der Waals surface area contributed by atoms with E-state index in [4.69, 9.17) is 4.42 Å². The van der Waals surface area contributed by atoms with Gasteiger partial charge in [0.05, 0.1) is 0 Å². The largest absolute Gasteiger partial charge is 0.455 e. The minimum atomic E-state index is -0.204. The SMILES string of the molecule is CC1(C)c2cc(N(c3ccc(-c4ccccc4)cc3)c3ccc(-c4cccc(-c5ccccc5)c4)cc3)ccc2-c2c1ccc1c2oc2ccccc21. The molecule has 2 heteroatoms. The number of hydrogen-bond acceptors (Lipinski definition) is 2. The Balaban J connectivity index is 1.09. The highest BCUT2D eigenvalue weighted by Crippen LogP contribution is 2.54. The van der Waals surface area contributed by atoms with Gasteiger partial charge in [-0.05, 0) is 98.6 Å². The highest BCUT2D eigenvalue weighted by atomic mass is 16.3. The van der Waals surface area contributed by atoms with Gasteiger partial charge in [0.1, 0.15) is 11.2 Å². The van der Waals surface area contributed by atoms with Crippen molar-refractivity contribution >= 4 is 39.0 Å². The first kappa shape index (κ1) is 31.1. The van der Waals surface area contributed by atoms with E-state index in [2.05, 4.69) is 201 Å². The summed E-state index contributed by atoms with van der Waals surface area (Å²) in [6, 6.07) is 67.8. The zero-order valence-corrected chi connectivity index (χ0v) is 29.8. The van der Waals surface area contributed by atoms with Crippen LogP contribution in [-0.4, -0.2) is 0 Å². The summed E-state index contributed by atoms with van der Waals surface area (Å²) in [6.07, 6.45) is 0. The van der Waals surface area contributed by atoms with Gasteiger partial charge in [0, 0.05) is 38.8 Å². The zero-order chi connectivity index (χ0) is 35.5. The second kappa shape index (κ2) is 12.3. The minimum absolute atomic E-state index is 0.204. The van der Waals surface area contributed by atoms with E-state index in [1.54, 1.807) is 0 Å². The van der Waals surface area contributed by atoms with Crippen molar-refractivity contribution < 1.29 is 4.42 Å². The minimum Gasteiger partial charge on any atom is -0.455 e. The van der Waals surface area contributed by atoms with Crippen LogP contribution in [0, 0.1) is 0 Å². The topological polar surface area (TPSA) is 16.4 Å².